The normalized spacial score (nSPS) is 31.0. The molecule has 0 aromatic rings. The van der Waals surface area contributed by atoms with Crippen LogP contribution in [-0.2, 0) is 47.6 Å². The summed E-state index contributed by atoms with van der Waals surface area (Å²) >= 11 is 0. The smallest absolute Gasteiger partial charge is 0.303 e. The molecular weight excluding hydrogens is 352 g/mol. The van der Waals surface area contributed by atoms with Crippen molar-refractivity contribution in [3.8, 4) is 0 Å². The van der Waals surface area contributed by atoms with Crippen LogP contribution in [0.15, 0.2) is 0 Å². The van der Waals surface area contributed by atoms with Gasteiger partial charge < -0.3 is 28.4 Å². The lowest BCUT2D eigenvalue weighted by Gasteiger charge is -2.49. The van der Waals surface area contributed by atoms with Gasteiger partial charge in [-0.25, -0.2) is 0 Å². The maximum atomic E-state index is 12.4. The zero-order valence-corrected chi connectivity index (χ0v) is 15.6. The second kappa shape index (κ2) is 9.06. The molecule has 1 rings (SSSR count). The summed E-state index contributed by atoms with van der Waals surface area (Å²) in [7, 11) is 2.58. The second-order valence-electron chi connectivity index (χ2n) is 5.78. The first-order valence-corrected chi connectivity index (χ1v) is 7.81. The highest BCUT2D eigenvalue weighted by Crippen LogP contribution is 2.37. The first kappa shape index (κ1) is 22.0. The van der Waals surface area contributed by atoms with Gasteiger partial charge in [0.25, 0.3) is 0 Å². The van der Waals surface area contributed by atoms with Crippen LogP contribution in [0.5, 0.6) is 0 Å². The average molecular weight is 376 g/mol. The monoisotopic (exact) mass is 376 g/mol. The van der Waals surface area contributed by atoms with Crippen LogP contribution >= 0.6 is 0 Å². The van der Waals surface area contributed by atoms with Crippen molar-refractivity contribution in [1.82, 2.24) is 0 Å². The Balaban J connectivity index is 3.52. The van der Waals surface area contributed by atoms with E-state index in [0.717, 1.165) is 20.8 Å². The highest BCUT2D eigenvalue weighted by atomic mass is 16.7. The number of methoxy groups -OCH3 is 2. The summed E-state index contributed by atoms with van der Waals surface area (Å²) in [6, 6.07) is 0. The largest absolute Gasteiger partial charge is 0.455 e. The maximum absolute atomic E-state index is 12.4. The molecule has 0 aromatic heterocycles. The van der Waals surface area contributed by atoms with Crippen molar-refractivity contribution in [1.29, 1.82) is 0 Å². The van der Waals surface area contributed by atoms with Gasteiger partial charge in [0.1, 0.15) is 0 Å². The fourth-order valence-electron chi connectivity index (χ4n) is 2.81. The van der Waals surface area contributed by atoms with Gasteiger partial charge >= 0.3 is 17.9 Å². The van der Waals surface area contributed by atoms with Crippen LogP contribution in [0.4, 0.5) is 0 Å². The first-order chi connectivity index (χ1) is 12.1. The van der Waals surface area contributed by atoms with E-state index < -0.39 is 53.9 Å². The van der Waals surface area contributed by atoms with Gasteiger partial charge in [-0.3, -0.25) is 19.2 Å². The Morgan fingerprint density at radius 3 is 1.73 bits per heavy atom. The summed E-state index contributed by atoms with van der Waals surface area (Å²) in [5.74, 6) is -2.75. The molecule has 0 amide bonds. The minimum atomic E-state index is -1.82. The highest BCUT2D eigenvalue weighted by molar-refractivity contribution is 5.87. The van der Waals surface area contributed by atoms with Crippen molar-refractivity contribution in [3.05, 3.63) is 0 Å². The number of rotatable bonds is 7. The van der Waals surface area contributed by atoms with E-state index in [9.17, 15) is 19.2 Å². The fourth-order valence-corrected chi connectivity index (χ4v) is 2.81. The Labute approximate surface area is 151 Å². The Morgan fingerprint density at radius 2 is 1.35 bits per heavy atom. The van der Waals surface area contributed by atoms with Crippen molar-refractivity contribution in [2.75, 3.05) is 20.8 Å². The molecule has 5 atom stereocenters. The molecule has 26 heavy (non-hydrogen) atoms. The van der Waals surface area contributed by atoms with Crippen LogP contribution in [0.25, 0.3) is 0 Å². The number of ether oxygens (including phenoxy) is 6. The third-order valence-electron chi connectivity index (χ3n) is 3.76. The van der Waals surface area contributed by atoms with Gasteiger partial charge in [-0.15, -0.1) is 0 Å². The van der Waals surface area contributed by atoms with E-state index in [1.54, 1.807) is 0 Å². The summed E-state index contributed by atoms with van der Waals surface area (Å²) in [4.78, 5) is 47.1. The molecule has 0 aliphatic carbocycles. The zero-order chi connectivity index (χ0) is 20.1. The molecule has 148 valence electrons. The van der Waals surface area contributed by atoms with Crippen LogP contribution in [0.2, 0.25) is 0 Å². The van der Waals surface area contributed by atoms with E-state index in [1.165, 1.54) is 21.1 Å². The molecule has 0 unspecified atom stereocenters. The van der Waals surface area contributed by atoms with E-state index in [0.29, 0.717) is 0 Å². The predicted octanol–water partition coefficient (Wildman–Crippen LogP) is -0.242. The standard InChI is InChI=1S/C16H24O10/c1-8(17)16(7-21-5)14(25-11(4)20)12(23-9(2)18)13(24-10(3)19)15(22-6)26-16/h12-15H,7H2,1-6H3/t12-,13+,14-,15-,16-/m0/s1. The van der Waals surface area contributed by atoms with Crippen LogP contribution in [0.3, 0.4) is 0 Å². The van der Waals surface area contributed by atoms with Crippen molar-refractivity contribution in [2.45, 2.75) is 57.9 Å². The number of hydrogen-bond acceptors (Lipinski definition) is 10. The van der Waals surface area contributed by atoms with Crippen LogP contribution in [0.1, 0.15) is 27.7 Å². The quantitative estimate of drug-likeness (QED) is 0.434. The molecule has 0 bridgehead atoms. The summed E-state index contributed by atoms with van der Waals surface area (Å²) in [6.07, 6.45) is -5.31. The summed E-state index contributed by atoms with van der Waals surface area (Å²) < 4.78 is 31.6. The summed E-state index contributed by atoms with van der Waals surface area (Å²) in [5.41, 5.74) is -1.82. The number of carbonyl (C=O) groups is 4. The lowest BCUT2D eigenvalue weighted by molar-refractivity contribution is -0.326. The molecule has 0 spiro atoms. The third kappa shape index (κ3) is 4.77. The molecule has 1 aliphatic rings. The van der Waals surface area contributed by atoms with Gasteiger partial charge in [0.2, 0.25) is 0 Å². The number of ketones is 1. The maximum Gasteiger partial charge on any atom is 0.303 e. The zero-order valence-electron chi connectivity index (χ0n) is 15.6. The number of carbonyl (C=O) groups excluding carboxylic acids is 4. The van der Waals surface area contributed by atoms with Crippen molar-refractivity contribution in [3.63, 3.8) is 0 Å². The molecular formula is C16H24O10. The Kier molecular flexibility index (Phi) is 7.67. The van der Waals surface area contributed by atoms with Gasteiger partial charge in [-0.2, -0.15) is 0 Å². The Morgan fingerprint density at radius 1 is 0.846 bits per heavy atom. The molecule has 0 N–H and O–H groups in total. The second-order valence-corrected chi connectivity index (χ2v) is 5.78. The molecule has 1 heterocycles. The topological polar surface area (TPSA) is 124 Å². The van der Waals surface area contributed by atoms with Gasteiger partial charge in [0, 0.05) is 35.0 Å². The van der Waals surface area contributed by atoms with Gasteiger partial charge in [-0.1, -0.05) is 0 Å². The van der Waals surface area contributed by atoms with E-state index in [1.807, 2.05) is 0 Å². The molecule has 0 saturated carbocycles. The minimum absolute atomic E-state index is 0.315. The van der Waals surface area contributed by atoms with Gasteiger partial charge in [-0.05, 0) is 6.92 Å². The van der Waals surface area contributed by atoms with E-state index in [4.69, 9.17) is 28.4 Å². The molecule has 1 fully saturated rings. The highest BCUT2D eigenvalue weighted by Gasteiger charge is 2.62. The lowest BCUT2D eigenvalue weighted by atomic mass is 9.83. The molecule has 10 heteroatoms. The molecule has 1 saturated heterocycles. The van der Waals surface area contributed by atoms with Crippen LogP contribution in [0, 0.1) is 0 Å². The fraction of sp³-hybridized carbons (Fsp3) is 0.750. The third-order valence-corrected chi connectivity index (χ3v) is 3.76. The summed E-state index contributed by atoms with van der Waals surface area (Å²) in [6.45, 7) is 4.27. The number of esters is 3. The van der Waals surface area contributed by atoms with Gasteiger partial charge in [0.15, 0.2) is 36.0 Å². The predicted molar refractivity (Wildman–Crippen MR) is 83.8 cm³/mol. The first-order valence-electron chi connectivity index (χ1n) is 7.81. The summed E-state index contributed by atoms with van der Waals surface area (Å²) in [5, 5.41) is 0. The van der Waals surface area contributed by atoms with E-state index in [-0.39, 0.29) is 6.61 Å². The molecule has 0 radical (unpaired) electrons. The van der Waals surface area contributed by atoms with E-state index >= 15 is 0 Å². The van der Waals surface area contributed by atoms with E-state index in [2.05, 4.69) is 0 Å². The molecule has 0 aromatic carbocycles. The Hall–Kier alpha value is -2.04. The van der Waals surface area contributed by atoms with Crippen molar-refractivity contribution in [2.24, 2.45) is 0 Å². The SMILES string of the molecule is COC[C@@]1(C(C)=O)O[C@H](OC)[C@H](OC(C)=O)[C@H](OC(C)=O)[C@@H]1OC(C)=O. The van der Waals surface area contributed by atoms with Crippen molar-refractivity contribution >= 4 is 23.7 Å². The van der Waals surface area contributed by atoms with Crippen LogP contribution < -0.4 is 0 Å². The molecule has 1 aliphatic heterocycles. The minimum Gasteiger partial charge on any atom is -0.455 e. The molecule has 10 nitrogen and oxygen atoms in total. The Bertz CT molecular complexity index is 559. The van der Waals surface area contributed by atoms with Crippen LogP contribution in [-0.4, -0.2) is 74.7 Å². The van der Waals surface area contributed by atoms with Gasteiger partial charge in [0.05, 0.1) is 6.61 Å². The lowest BCUT2D eigenvalue weighted by Crippen LogP contribution is -2.71. The number of hydrogen-bond donors (Lipinski definition) is 0. The average Bonchev–Trinajstić information content (AvgIpc) is 2.51. The van der Waals surface area contributed by atoms with Crippen molar-refractivity contribution < 1.29 is 47.6 Å². The number of Topliss-reactive ketones (excluding diaryl/α,β-unsaturated/α-hetero) is 1.